The number of nitriles is 1. The molecule has 0 aliphatic heterocycles. The first-order chi connectivity index (χ1) is 9.51. The summed E-state index contributed by atoms with van der Waals surface area (Å²) in [5, 5.41) is 12.4. The number of anilines is 1. The third-order valence-electron chi connectivity index (χ3n) is 2.53. The maximum Gasteiger partial charge on any atom is 0.255 e. The monoisotopic (exact) mass is 324 g/mol. The van der Waals surface area contributed by atoms with E-state index in [1.807, 2.05) is 6.07 Å². The van der Waals surface area contributed by atoms with Gasteiger partial charge in [-0.25, -0.2) is 0 Å². The zero-order valence-corrected chi connectivity index (χ0v) is 12.2. The van der Waals surface area contributed by atoms with Crippen molar-refractivity contribution < 1.29 is 4.79 Å². The Labute approximate surface area is 130 Å². The maximum absolute atomic E-state index is 12.0. The molecule has 0 saturated heterocycles. The normalized spacial score (nSPS) is 9.90. The van der Waals surface area contributed by atoms with Gasteiger partial charge < -0.3 is 5.32 Å². The Hall–Kier alpha value is -1.73. The summed E-state index contributed by atoms with van der Waals surface area (Å²) < 4.78 is 0. The maximum atomic E-state index is 12.0. The van der Waals surface area contributed by atoms with Crippen LogP contribution in [0, 0.1) is 11.3 Å². The average molecular weight is 326 g/mol. The summed E-state index contributed by atoms with van der Waals surface area (Å²) in [5.74, 6) is -0.343. The third kappa shape index (κ3) is 3.23. The molecule has 0 spiro atoms. The van der Waals surface area contributed by atoms with Crippen LogP contribution in [-0.2, 0) is 0 Å². The van der Waals surface area contributed by atoms with Crippen LogP contribution in [0.4, 0.5) is 5.69 Å². The van der Waals surface area contributed by atoms with Gasteiger partial charge in [0, 0.05) is 11.3 Å². The van der Waals surface area contributed by atoms with Gasteiger partial charge in [-0.05, 0) is 36.4 Å². The van der Waals surface area contributed by atoms with Crippen molar-refractivity contribution in [1.29, 1.82) is 5.26 Å². The predicted octanol–water partition coefficient (Wildman–Crippen LogP) is 4.77. The van der Waals surface area contributed by atoms with Gasteiger partial charge in [0.25, 0.3) is 5.91 Å². The van der Waals surface area contributed by atoms with Gasteiger partial charge in [-0.15, -0.1) is 0 Å². The van der Waals surface area contributed by atoms with E-state index in [1.165, 1.54) is 18.2 Å². The van der Waals surface area contributed by atoms with Crippen molar-refractivity contribution in [3.05, 3.63) is 62.6 Å². The minimum atomic E-state index is -0.343. The number of benzene rings is 2. The molecule has 100 valence electrons. The highest BCUT2D eigenvalue weighted by atomic mass is 35.5. The highest BCUT2D eigenvalue weighted by Gasteiger charge is 2.09. The predicted molar refractivity (Wildman–Crippen MR) is 80.6 cm³/mol. The molecule has 0 bridgehead atoms. The fourth-order valence-electron chi connectivity index (χ4n) is 1.52. The van der Waals surface area contributed by atoms with E-state index < -0.39 is 0 Å². The molecule has 0 aliphatic carbocycles. The molecule has 1 amide bonds. The van der Waals surface area contributed by atoms with Gasteiger partial charge >= 0.3 is 0 Å². The Kier molecular flexibility index (Phi) is 4.51. The molecule has 6 heteroatoms. The molecule has 0 saturated carbocycles. The number of nitrogens with zero attached hydrogens (tertiary/aromatic N) is 1. The molecule has 0 unspecified atom stereocenters. The number of nitrogens with one attached hydrogen (secondary N) is 1. The minimum absolute atomic E-state index is 0.277. The third-order valence-corrected chi connectivity index (χ3v) is 3.58. The van der Waals surface area contributed by atoms with Crippen molar-refractivity contribution in [3.63, 3.8) is 0 Å². The summed E-state index contributed by atoms with van der Waals surface area (Å²) in [7, 11) is 0. The van der Waals surface area contributed by atoms with Crippen molar-refractivity contribution in [3.8, 4) is 6.07 Å². The zero-order valence-electron chi connectivity index (χ0n) is 9.95. The van der Waals surface area contributed by atoms with E-state index in [0.717, 1.165) is 0 Å². The van der Waals surface area contributed by atoms with E-state index in [-0.39, 0.29) is 10.9 Å². The summed E-state index contributed by atoms with van der Waals surface area (Å²) in [6.45, 7) is 0. The summed E-state index contributed by atoms with van der Waals surface area (Å²) >= 11 is 17.5. The van der Waals surface area contributed by atoms with Crippen LogP contribution in [0.1, 0.15) is 15.9 Å². The molecule has 0 aromatic heterocycles. The number of carbonyl (C=O) groups excluding carboxylic acids is 1. The van der Waals surface area contributed by atoms with Crippen molar-refractivity contribution >= 4 is 46.4 Å². The molecule has 2 aromatic rings. The summed E-state index contributed by atoms with van der Waals surface area (Å²) in [4.78, 5) is 12.0. The minimum Gasteiger partial charge on any atom is -0.322 e. The molecular formula is C14H7Cl3N2O. The Morgan fingerprint density at radius 2 is 1.75 bits per heavy atom. The fourth-order valence-corrected chi connectivity index (χ4v) is 2.05. The number of carbonyl (C=O) groups is 1. The van der Waals surface area contributed by atoms with Crippen LogP contribution < -0.4 is 5.32 Å². The van der Waals surface area contributed by atoms with Gasteiger partial charge in [-0.3, -0.25) is 4.79 Å². The van der Waals surface area contributed by atoms with Gasteiger partial charge in [0.15, 0.2) is 0 Å². The van der Waals surface area contributed by atoms with Gasteiger partial charge in [-0.1, -0.05) is 34.8 Å². The van der Waals surface area contributed by atoms with Crippen LogP contribution >= 0.6 is 34.8 Å². The highest BCUT2D eigenvalue weighted by molar-refractivity contribution is 6.42. The van der Waals surface area contributed by atoms with Crippen molar-refractivity contribution in [2.75, 3.05) is 5.32 Å². The molecule has 2 rings (SSSR count). The largest absolute Gasteiger partial charge is 0.322 e. The lowest BCUT2D eigenvalue weighted by molar-refractivity contribution is 0.102. The highest BCUT2D eigenvalue weighted by Crippen LogP contribution is 2.24. The van der Waals surface area contributed by atoms with E-state index in [0.29, 0.717) is 26.9 Å². The van der Waals surface area contributed by atoms with Gasteiger partial charge in [0.2, 0.25) is 0 Å². The lowest BCUT2D eigenvalue weighted by Gasteiger charge is -2.07. The standard InChI is InChI=1S/C14H7Cl3N2O/c15-11-4-2-8(5-13(11)17)14(20)19-10-3-1-9(7-18)12(16)6-10/h1-6H,(H,19,20). The van der Waals surface area contributed by atoms with E-state index in [4.69, 9.17) is 40.1 Å². The first kappa shape index (κ1) is 14.7. The van der Waals surface area contributed by atoms with Crippen LogP contribution in [0.15, 0.2) is 36.4 Å². The smallest absolute Gasteiger partial charge is 0.255 e. The SMILES string of the molecule is N#Cc1ccc(NC(=O)c2ccc(Cl)c(Cl)c2)cc1Cl. The quantitative estimate of drug-likeness (QED) is 0.864. The second kappa shape index (κ2) is 6.15. The van der Waals surface area contributed by atoms with Gasteiger partial charge in [-0.2, -0.15) is 5.26 Å². The van der Waals surface area contributed by atoms with Crippen LogP contribution in [0.3, 0.4) is 0 Å². The summed E-state index contributed by atoms with van der Waals surface area (Å²) in [6, 6.07) is 11.2. The zero-order chi connectivity index (χ0) is 14.7. The van der Waals surface area contributed by atoms with Crippen LogP contribution in [0.25, 0.3) is 0 Å². The molecule has 2 aromatic carbocycles. The van der Waals surface area contributed by atoms with Crippen molar-refractivity contribution in [2.24, 2.45) is 0 Å². The average Bonchev–Trinajstić information content (AvgIpc) is 2.42. The van der Waals surface area contributed by atoms with E-state index in [9.17, 15) is 4.79 Å². The topological polar surface area (TPSA) is 52.9 Å². The second-order valence-electron chi connectivity index (χ2n) is 3.89. The van der Waals surface area contributed by atoms with Gasteiger partial charge in [0.05, 0.1) is 20.6 Å². The molecule has 0 fully saturated rings. The molecule has 0 heterocycles. The molecule has 20 heavy (non-hydrogen) atoms. The van der Waals surface area contributed by atoms with Crippen LogP contribution in [0.2, 0.25) is 15.1 Å². The van der Waals surface area contributed by atoms with Crippen molar-refractivity contribution in [1.82, 2.24) is 0 Å². The summed E-state index contributed by atoms with van der Waals surface area (Å²) in [5.41, 5.74) is 1.21. The van der Waals surface area contributed by atoms with Crippen LogP contribution in [0.5, 0.6) is 0 Å². The fraction of sp³-hybridized carbons (Fsp3) is 0. The lowest BCUT2D eigenvalue weighted by atomic mass is 10.2. The number of amides is 1. The number of rotatable bonds is 2. The molecule has 1 N–H and O–H groups in total. The van der Waals surface area contributed by atoms with E-state index in [2.05, 4.69) is 5.32 Å². The lowest BCUT2D eigenvalue weighted by Crippen LogP contribution is -2.11. The first-order valence-corrected chi connectivity index (χ1v) is 6.60. The van der Waals surface area contributed by atoms with Crippen molar-refractivity contribution in [2.45, 2.75) is 0 Å². The Balaban J connectivity index is 2.21. The Bertz CT molecular complexity index is 723. The number of halogens is 3. The molecule has 3 nitrogen and oxygen atoms in total. The van der Waals surface area contributed by atoms with Crippen LogP contribution in [-0.4, -0.2) is 5.91 Å². The number of hydrogen-bond acceptors (Lipinski definition) is 2. The molecule has 0 radical (unpaired) electrons. The molecule has 0 aliphatic rings. The summed E-state index contributed by atoms with van der Waals surface area (Å²) in [6.07, 6.45) is 0. The Morgan fingerprint density at radius 3 is 2.35 bits per heavy atom. The van der Waals surface area contributed by atoms with E-state index in [1.54, 1.807) is 18.2 Å². The molecule has 0 atom stereocenters. The number of hydrogen-bond donors (Lipinski definition) is 1. The van der Waals surface area contributed by atoms with E-state index >= 15 is 0 Å². The van der Waals surface area contributed by atoms with Gasteiger partial charge in [0.1, 0.15) is 6.07 Å². The first-order valence-electron chi connectivity index (χ1n) is 5.47. The Morgan fingerprint density at radius 1 is 1.00 bits per heavy atom. The molecular weight excluding hydrogens is 319 g/mol. The second-order valence-corrected chi connectivity index (χ2v) is 5.11.